The smallest absolute Gasteiger partial charge is 0.256 e. The van der Waals surface area contributed by atoms with Gasteiger partial charge in [-0.25, -0.2) is 12.7 Å². The minimum absolute atomic E-state index is 0.0284. The molecule has 0 unspecified atom stereocenters. The second kappa shape index (κ2) is 8.75. The van der Waals surface area contributed by atoms with Crippen molar-refractivity contribution in [2.45, 2.75) is 24.7 Å². The Morgan fingerprint density at radius 2 is 1.77 bits per heavy atom. The predicted octanol–water partition coefficient (Wildman–Crippen LogP) is 3.39. The molecule has 1 heterocycles. The summed E-state index contributed by atoms with van der Waals surface area (Å²) in [7, 11) is -1.03. The average molecular weight is 450 g/mol. The largest absolute Gasteiger partial charge is 0.339 e. The van der Waals surface area contributed by atoms with Crippen molar-refractivity contribution in [2.75, 3.05) is 32.5 Å². The highest BCUT2D eigenvalue weighted by Crippen LogP contribution is 2.27. The molecule has 0 spiro atoms. The molecule has 0 atom stereocenters. The number of amides is 2. The molecule has 2 aromatic carbocycles. The van der Waals surface area contributed by atoms with Crippen LogP contribution in [0.5, 0.6) is 0 Å². The first-order valence-electron chi connectivity index (χ1n) is 9.55. The van der Waals surface area contributed by atoms with Crippen LogP contribution in [0.2, 0.25) is 5.02 Å². The van der Waals surface area contributed by atoms with Crippen LogP contribution in [-0.4, -0.2) is 56.6 Å². The number of carbonyl (C=O) groups is 2. The molecule has 0 aromatic heterocycles. The van der Waals surface area contributed by atoms with Gasteiger partial charge in [0, 0.05) is 32.7 Å². The number of benzene rings is 2. The van der Waals surface area contributed by atoms with Gasteiger partial charge in [0.05, 0.1) is 16.3 Å². The first-order valence-corrected chi connectivity index (χ1v) is 11.4. The third kappa shape index (κ3) is 4.35. The van der Waals surface area contributed by atoms with Gasteiger partial charge in [0.15, 0.2) is 0 Å². The zero-order valence-corrected chi connectivity index (χ0v) is 18.7. The summed E-state index contributed by atoms with van der Waals surface area (Å²) in [5.74, 6) is -0.643. The molecule has 0 radical (unpaired) electrons. The Bertz CT molecular complexity index is 1090. The van der Waals surface area contributed by atoms with E-state index >= 15 is 0 Å². The van der Waals surface area contributed by atoms with Crippen LogP contribution >= 0.6 is 11.6 Å². The van der Waals surface area contributed by atoms with Crippen LogP contribution in [0.1, 0.15) is 39.1 Å². The number of hydrogen-bond donors (Lipinski definition) is 1. The molecule has 3 rings (SSSR count). The summed E-state index contributed by atoms with van der Waals surface area (Å²) in [6, 6.07) is 9.31. The molecule has 1 aliphatic rings. The molecule has 0 saturated carbocycles. The second-order valence-electron chi connectivity index (χ2n) is 7.38. The van der Waals surface area contributed by atoms with Crippen molar-refractivity contribution in [1.29, 1.82) is 0 Å². The van der Waals surface area contributed by atoms with E-state index < -0.39 is 15.9 Å². The second-order valence-corrected chi connectivity index (χ2v) is 9.91. The van der Waals surface area contributed by atoms with Crippen molar-refractivity contribution < 1.29 is 18.0 Å². The van der Waals surface area contributed by atoms with E-state index in [0.29, 0.717) is 24.3 Å². The molecule has 1 aliphatic heterocycles. The van der Waals surface area contributed by atoms with E-state index in [-0.39, 0.29) is 21.4 Å². The van der Waals surface area contributed by atoms with Gasteiger partial charge in [-0.1, -0.05) is 23.7 Å². The maximum Gasteiger partial charge on any atom is 0.256 e. The molecule has 2 aromatic rings. The van der Waals surface area contributed by atoms with E-state index in [1.165, 1.54) is 32.3 Å². The fourth-order valence-electron chi connectivity index (χ4n) is 3.37. The molecule has 2 amide bonds. The van der Waals surface area contributed by atoms with E-state index in [1.807, 2.05) is 13.0 Å². The summed E-state index contributed by atoms with van der Waals surface area (Å²) in [6.07, 6.45) is 1.93. The summed E-state index contributed by atoms with van der Waals surface area (Å²) in [5, 5.41) is 2.79. The molecule has 0 bridgehead atoms. The standard InChI is InChI=1S/C21H24ClN3O4S/c1-14-7-6-8-17(19(14)21(27)25-11-4-5-12-25)23-20(26)15-9-10-16(22)18(13-15)30(28,29)24(2)3/h6-10,13H,4-5,11-12H2,1-3H3,(H,23,26). The van der Waals surface area contributed by atoms with Gasteiger partial charge < -0.3 is 10.2 Å². The number of rotatable bonds is 5. The van der Waals surface area contributed by atoms with Crippen LogP contribution in [0.25, 0.3) is 0 Å². The molecular weight excluding hydrogens is 426 g/mol. The van der Waals surface area contributed by atoms with Gasteiger partial charge >= 0.3 is 0 Å². The molecular formula is C21H24ClN3O4S. The van der Waals surface area contributed by atoms with Crippen LogP contribution in [0.4, 0.5) is 5.69 Å². The molecule has 9 heteroatoms. The van der Waals surface area contributed by atoms with Gasteiger partial charge in [0.25, 0.3) is 11.8 Å². The lowest BCUT2D eigenvalue weighted by atomic mass is 10.0. The number of hydrogen-bond acceptors (Lipinski definition) is 4. The van der Waals surface area contributed by atoms with Gasteiger partial charge in [-0.05, 0) is 49.6 Å². The van der Waals surface area contributed by atoms with Gasteiger partial charge in [-0.3, -0.25) is 9.59 Å². The van der Waals surface area contributed by atoms with Gasteiger partial charge in [0.1, 0.15) is 4.90 Å². The normalized spacial score (nSPS) is 14.2. The summed E-state index contributed by atoms with van der Waals surface area (Å²) < 4.78 is 26.0. The Labute approximate surface area is 181 Å². The SMILES string of the molecule is Cc1cccc(NC(=O)c2ccc(Cl)c(S(=O)(=O)N(C)C)c2)c1C(=O)N1CCCC1. The average Bonchev–Trinajstić information content (AvgIpc) is 3.22. The number of likely N-dealkylation sites (tertiary alicyclic amines) is 1. The zero-order chi connectivity index (χ0) is 22.1. The number of nitrogens with zero attached hydrogens (tertiary/aromatic N) is 2. The summed E-state index contributed by atoms with van der Waals surface area (Å²) in [5.41, 5.74) is 1.73. The Kier molecular flexibility index (Phi) is 6.50. The molecule has 0 aliphatic carbocycles. The van der Waals surface area contributed by atoms with Crippen molar-refractivity contribution in [3.8, 4) is 0 Å². The maximum absolute atomic E-state index is 13.0. The van der Waals surface area contributed by atoms with Crippen LogP contribution in [0.3, 0.4) is 0 Å². The fourth-order valence-corrected chi connectivity index (χ4v) is 4.76. The quantitative estimate of drug-likeness (QED) is 0.758. The van der Waals surface area contributed by atoms with Crippen molar-refractivity contribution >= 4 is 39.1 Å². The van der Waals surface area contributed by atoms with Crippen LogP contribution in [-0.2, 0) is 10.0 Å². The Balaban J connectivity index is 1.94. The minimum Gasteiger partial charge on any atom is -0.339 e. The third-order valence-corrected chi connectivity index (χ3v) is 7.38. The third-order valence-electron chi connectivity index (χ3n) is 5.08. The summed E-state index contributed by atoms with van der Waals surface area (Å²) in [6.45, 7) is 3.22. The number of anilines is 1. The van der Waals surface area contributed by atoms with E-state index in [0.717, 1.165) is 22.7 Å². The lowest BCUT2D eigenvalue weighted by Gasteiger charge is -2.20. The molecule has 1 saturated heterocycles. The lowest BCUT2D eigenvalue weighted by molar-refractivity contribution is 0.0793. The van der Waals surface area contributed by atoms with E-state index in [9.17, 15) is 18.0 Å². The Morgan fingerprint density at radius 3 is 2.40 bits per heavy atom. The van der Waals surface area contributed by atoms with E-state index in [1.54, 1.807) is 17.0 Å². The molecule has 30 heavy (non-hydrogen) atoms. The summed E-state index contributed by atoms with van der Waals surface area (Å²) in [4.78, 5) is 27.5. The number of halogens is 1. The lowest BCUT2D eigenvalue weighted by Crippen LogP contribution is -2.29. The van der Waals surface area contributed by atoms with Crippen LogP contribution in [0.15, 0.2) is 41.3 Å². The predicted molar refractivity (Wildman–Crippen MR) is 117 cm³/mol. The minimum atomic E-state index is -3.82. The van der Waals surface area contributed by atoms with E-state index in [4.69, 9.17) is 11.6 Å². The summed E-state index contributed by atoms with van der Waals surface area (Å²) >= 11 is 6.06. The van der Waals surface area contributed by atoms with Crippen LogP contribution in [0, 0.1) is 6.92 Å². The maximum atomic E-state index is 13.0. The fraction of sp³-hybridized carbons (Fsp3) is 0.333. The first kappa shape index (κ1) is 22.3. The van der Waals surface area contributed by atoms with Gasteiger partial charge in [0.2, 0.25) is 10.0 Å². The van der Waals surface area contributed by atoms with Crippen LogP contribution < -0.4 is 5.32 Å². The Hall–Kier alpha value is -2.42. The Morgan fingerprint density at radius 1 is 1.10 bits per heavy atom. The highest BCUT2D eigenvalue weighted by molar-refractivity contribution is 7.89. The number of carbonyl (C=O) groups excluding carboxylic acids is 2. The first-order chi connectivity index (χ1) is 14.1. The zero-order valence-electron chi connectivity index (χ0n) is 17.1. The highest BCUT2D eigenvalue weighted by Gasteiger charge is 2.25. The number of sulfonamides is 1. The van der Waals surface area contributed by atoms with E-state index in [2.05, 4.69) is 5.32 Å². The molecule has 1 fully saturated rings. The molecule has 1 N–H and O–H groups in total. The number of nitrogens with one attached hydrogen (secondary N) is 1. The monoisotopic (exact) mass is 449 g/mol. The molecule has 7 nitrogen and oxygen atoms in total. The van der Waals surface area contributed by atoms with Crippen molar-refractivity contribution in [2.24, 2.45) is 0 Å². The van der Waals surface area contributed by atoms with Crippen molar-refractivity contribution in [3.63, 3.8) is 0 Å². The number of aryl methyl sites for hydroxylation is 1. The van der Waals surface area contributed by atoms with Gasteiger partial charge in [-0.2, -0.15) is 0 Å². The topological polar surface area (TPSA) is 86.8 Å². The van der Waals surface area contributed by atoms with Crippen molar-refractivity contribution in [1.82, 2.24) is 9.21 Å². The highest BCUT2D eigenvalue weighted by atomic mass is 35.5. The van der Waals surface area contributed by atoms with Crippen molar-refractivity contribution in [3.05, 3.63) is 58.1 Å². The van der Waals surface area contributed by atoms with Gasteiger partial charge in [-0.15, -0.1) is 0 Å². The molecule has 160 valence electrons.